The van der Waals surface area contributed by atoms with Gasteiger partial charge in [0, 0.05) is 23.4 Å². The van der Waals surface area contributed by atoms with Gasteiger partial charge >= 0.3 is 5.97 Å². The van der Waals surface area contributed by atoms with E-state index in [9.17, 15) is 9.59 Å². The number of unbranched alkanes of at least 4 members (excludes halogenated alkanes) is 1. The van der Waals surface area contributed by atoms with E-state index in [-0.39, 0.29) is 11.5 Å². The SMILES string of the molecule is COC(=O)CCCCc1cc(=O)[nH]c2ccccc12. The molecule has 4 heteroatoms. The smallest absolute Gasteiger partial charge is 0.305 e. The number of methoxy groups -OCH3 is 1. The molecule has 1 heterocycles. The lowest BCUT2D eigenvalue weighted by molar-refractivity contribution is -0.140. The molecule has 0 unspecified atom stereocenters. The first-order chi connectivity index (χ1) is 9.20. The Morgan fingerprint density at radius 3 is 2.84 bits per heavy atom. The molecule has 0 spiro atoms. The molecule has 0 radical (unpaired) electrons. The van der Waals surface area contributed by atoms with E-state index < -0.39 is 0 Å². The fourth-order valence-corrected chi connectivity index (χ4v) is 2.17. The van der Waals surface area contributed by atoms with Crippen molar-refractivity contribution < 1.29 is 9.53 Å². The number of nitrogens with one attached hydrogen (secondary N) is 1. The molecule has 0 aliphatic heterocycles. The molecule has 2 rings (SSSR count). The Morgan fingerprint density at radius 2 is 2.05 bits per heavy atom. The average Bonchev–Trinajstić information content (AvgIpc) is 2.42. The van der Waals surface area contributed by atoms with Crippen LogP contribution in [0.4, 0.5) is 0 Å². The Kier molecular flexibility index (Phi) is 4.34. The van der Waals surface area contributed by atoms with Crippen LogP contribution in [-0.4, -0.2) is 18.1 Å². The maximum Gasteiger partial charge on any atom is 0.305 e. The van der Waals surface area contributed by atoms with Crippen molar-refractivity contribution in [2.45, 2.75) is 25.7 Å². The van der Waals surface area contributed by atoms with Crippen molar-refractivity contribution in [2.75, 3.05) is 7.11 Å². The number of aryl methyl sites for hydroxylation is 1. The molecule has 4 nitrogen and oxygen atoms in total. The number of hydrogen-bond acceptors (Lipinski definition) is 3. The Labute approximate surface area is 111 Å². The third-order valence-electron chi connectivity index (χ3n) is 3.14. The highest BCUT2D eigenvalue weighted by Gasteiger charge is 2.04. The van der Waals surface area contributed by atoms with Crippen LogP contribution in [0.3, 0.4) is 0 Å². The van der Waals surface area contributed by atoms with Crippen molar-refractivity contribution in [1.29, 1.82) is 0 Å². The summed E-state index contributed by atoms with van der Waals surface area (Å²) >= 11 is 0. The number of benzene rings is 1. The number of carbonyl (C=O) groups excluding carboxylic acids is 1. The Morgan fingerprint density at radius 1 is 1.26 bits per heavy atom. The highest BCUT2D eigenvalue weighted by molar-refractivity contribution is 5.81. The second-order valence-electron chi connectivity index (χ2n) is 4.49. The van der Waals surface area contributed by atoms with Crippen LogP contribution in [-0.2, 0) is 16.0 Å². The van der Waals surface area contributed by atoms with E-state index in [1.807, 2.05) is 24.3 Å². The van der Waals surface area contributed by atoms with Gasteiger partial charge in [0.2, 0.25) is 5.56 Å². The number of esters is 1. The normalized spacial score (nSPS) is 10.6. The number of rotatable bonds is 5. The number of hydrogen-bond donors (Lipinski definition) is 1. The predicted octanol–water partition coefficient (Wildman–Crippen LogP) is 2.41. The van der Waals surface area contributed by atoms with Gasteiger partial charge in [-0.25, -0.2) is 0 Å². The van der Waals surface area contributed by atoms with Crippen LogP contribution in [0.25, 0.3) is 10.9 Å². The first kappa shape index (κ1) is 13.3. The maximum atomic E-state index is 11.6. The summed E-state index contributed by atoms with van der Waals surface area (Å²) < 4.78 is 4.60. The lowest BCUT2D eigenvalue weighted by Gasteiger charge is -2.05. The molecule has 2 aromatic rings. The minimum absolute atomic E-state index is 0.0818. The first-order valence-corrected chi connectivity index (χ1v) is 6.38. The molecular formula is C15H17NO3. The monoisotopic (exact) mass is 259 g/mol. The summed E-state index contributed by atoms with van der Waals surface area (Å²) in [4.78, 5) is 25.4. The Bertz CT molecular complexity index is 631. The number of pyridine rings is 1. The highest BCUT2D eigenvalue weighted by atomic mass is 16.5. The zero-order valence-corrected chi connectivity index (χ0v) is 10.9. The molecule has 100 valence electrons. The number of carbonyl (C=O) groups is 1. The van der Waals surface area contributed by atoms with E-state index in [1.165, 1.54) is 7.11 Å². The minimum atomic E-state index is -0.184. The standard InChI is InChI=1S/C15H17NO3/c1-19-15(18)9-5-2-6-11-10-14(17)16-13-8-4-3-7-12(11)13/h3-4,7-8,10H,2,5-6,9H2,1H3,(H,16,17). The molecule has 0 saturated heterocycles. The molecule has 1 aromatic carbocycles. The topological polar surface area (TPSA) is 59.2 Å². The van der Waals surface area contributed by atoms with Crippen molar-refractivity contribution in [3.8, 4) is 0 Å². The molecule has 19 heavy (non-hydrogen) atoms. The molecule has 0 bridgehead atoms. The summed E-state index contributed by atoms with van der Waals surface area (Å²) in [6.45, 7) is 0. The molecule has 0 aliphatic rings. The van der Waals surface area contributed by atoms with Gasteiger partial charge in [-0.05, 0) is 30.9 Å². The van der Waals surface area contributed by atoms with Gasteiger partial charge in [-0.1, -0.05) is 18.2 Å². The maximum absolute atomic E-state index is 11.6. The van der Waals surface area contributed by atoms with E-state index >= 15 is 0 Å². The summed E-state index contributed by atoms with van der Waals surface area (Å²) in [5, 5.41) is 1.07. The van der Waals surface area contributed by atoms with Crippen LogP contribution in [0, 0.1) is 0 Å². The third-order valence-corrected chi connectivity index (χ3v) is 3.14. The second-order valence-corrected chi connectivity index (χ2v) is 4.49. The van der Waals surface area contributed by atoms with Crippen molar-refractivity contribution >= 4 is 16.9 Å². The molecule has 0 fully saturated rings. The van der Waals surface area contributed by atoms with Crippen LogP contribution in [0.2, 0.25) is 0 Å². The van der Waals surface area contributed by atoms with Crippen LogP contribution >= 0.6 is 0 Å². The molecule has 1 N–H and O–H groups in total. The Hall–Kier alpha value is -2.10. The third kappa shape index (κ3) is 3.44. The van der Waals surface area contributed by atoms with E-state index in [4.69, 9.17) is 0 Å². The zero-order chi connectivity index (χ0) is 13.7. The molecule has 0 saturated carbocycles. The van der Waals surface area contributed by atoms with E-state index in [0.29, 0.717) is 6.42 Å². The van der Waals surface area contributed by atoms with E-state index in [1.54, 1.807) is 6.07 Å². The number of aromatic nitrogens is 1. The summed E-state index contributed by atoms with van der Waals surface area (Å²) in [5.74, 6) is -0.184. The molecule has 0 atom stereocenters. The second kappa shape index (κ2) is 6.18. The first-order valence-electron chi connectivity index (χ1n) is 6.38. The average molecular weight is 259 g/mol. The van der Waals surface area contributed by atoms with Crippen molar-refractivity contribution in [2.24, 2.45) is 0 Å². The highest BCUT2D eigenvalue weighted by Crippen LogP contribution is 2.16. The molecule has 0 aliphatic carbocycles. The van der Waals surface area contributed by atoms with Gasteiger partial charge in [-0.15, -0.1) is 0 Å². The summed E-state index contributed by atoms with van der Waals surface area (Å²) in [5.41, 5.74) is 1.81. The van der Waals surface area contributed by atoms with Crippen molar-refractivity contribution in [3.05, 3.63) is 46.2 Å². The van der Waals surface area contributed by atoms with E-state index in [0.717, 1.165) is 35.7 Å². The van der Waals surface area contributed by atoms with Crippen molar-refractivity contribution in [3.63, 3.8) is 0 Å². The van der Waals surface area contributed by atoms with Crippen LogP contribution in [0.15, 0.2) is 35.1 Å². The van der Waals surface area contributed by atoms with Gasteiger partial charge in [0.15, 0.2) is 0 Å². The zero-order valence-electron chi connectivity index (χ0n) is 10.9. The number of H-pyrrole nitrogens is 1. The van der Waals surface area contributed by atoms with Gasteiger partial charge < -0.3 is 9.72 Å². The van der Waals surface area contributed by atoms with Crippen LogP contribution in [0.5, 0.6) is 0 Å². The fraction of sp³-hybridized carbons (Fsp3) is 0.333. The number of ether oxygens (including phenoxy) is 1. The molecule has 0 amide bonds. The lowest BCUT2D eigenvalue weighted by atomic mass is 10.0. The summed E-state index contributed by atoms with van der Waals surface area (Å²) in [7, 11) is 1.40. The Balaban J connectivity index is 2.08. The summed E-state index contributed by atoms with van der Waals surface area (Å²) in [6.07, 6.45) is 2.86. The van der Waals surface area contributed by atoms with E-state index in [2.05, 4.69) is 9.72 Å². The summed E-state index contributed by atoms with van der Waals surface area (Å²) in [6, 6.07) is 9.40. The van der Waals surface area contributed by atoms with Crippen molar-refractivity contribution in [1.82, 2.24) is 4.98 Å². The predicted molar refractivity (Wildman–Crippen MR) is 74.1 cm³/mol. The quantitative estimate of drug-likeness (QED) is 0.662. The number of para-hydroxylation sites is 1. The van der Waals surface area contributed by atoms with Gasteiger partial charge in [0.25, 0.3) is 0 Å². The van der Waals surface area contributed by atoms with Gasteiger partial charge in [-0.3, -0.25) is 9.59 Å². The van der Waals surface area contributed by atoms with Gasteiger partial charge in [0.05, 0.1) is 7.11 Å². The van der Waals surface area contributed by atoms with Gasteiger partial charge in [0.1, 0.15) is 0 Å². The largest absolute Gasteiger partial charge is 0.469 e. The number of aromatic amines is 1. The van der Waals surface area contributed by atoms with Crippen LogP contribution < -0.4 is 5.56 Å². The lowest BCUT2D eigenvalue weighted by Crippen LogP contribution is -2.07. The molecule has 1 aromatic heterocycles. The minimum Gasteiger partial charge on any atom is -0.469 e. The number of fused-ring (bicyclic) bond motifs is 1. The molecular weight excluding hydrogens is 242 g/mol. The van der Waals surface area contributed by atoms with Crippen LogP contribution in [0.1, 0.15) is 24.8 Å². The fourth-order valence-electron chi connectivity index (χ4n) is 2.17. The van der Waals surface area contributed by atoms with Gasteiger partial charge in [-0.2, -0.15) is 0 Å².